The van der Waals surface area contributed by atoms with E-state index in [1.807, 2.05) is 6.07 Å². The number of benzene rings is 1. The summed E-state index contributed by atoms with van der Waals surface area (Å²) in [5.74, 6) is 0.730. The van der Waals surface area contributed by atoms with Gasteiger partial charge in [-0.15, -0.1) is 11.3 Å². The summed E-state index contributed by atoms with van der Waals surface area (Å²) in [4.78, 5) is 2.33. The molecule has 0 N–H and O–H groups in total. The van der Waals surface area contributed by atoms with E-state index in [1.165, 1.54) is 42.2 Å². The van der Waals surface area contributed by atoms with Gasteiger partial charge in [-0.2, -0.15) is 0 Å². The van der Waals surface area contributed by atoms with Gasteiger partial charge in [0.1, 0.15) is 5.82 Å². The van der Waals surface area contributed by atoms with Crippen LogP contribution >= 0.6 is 11.3 Å². The molecule has 0 amide bonds. The Bertz CT molecular complexity index is 745. The van der Waals surface area contributed by atoms with Gasteiger partial charge < -0.3 is 4.90 Å². The molecule has 1 fully saturated rings. The van der Waals surface area contributed by atoms with Gasteiger partial charge in [0, 0.05) is 22.0 Å². The second-order valence-electron chi connectivity index (χ2n) is 7.27. The number of hydrogen-bond donors (Lipinski definition) is 0. The molecule has 4 rings (SSSR count). The summed E-state index contributed by atoms with van der Waals surface area (Å²) < 4.78 is 14.5. The van der Waals surface area contributed by atoms with E-state index in [0.717, 1.165) is 17.2 Å². The van der Waals surface area contributed by atoms with Gasteiger partial charge in [0.05, 0.1) is 0 Å². The molecule has 3 heteroatoms. The second kappa shape index (κ2) is 5.17. The van der Waals surface area contributed by atoms with Crippen molar-refractivity contribution < 1.29 is 4.39 Å². The highest BCUT2D eigenvalue weighted by Gasteiger charge is 2.45. The van der Waals surface area contributed by atoms with Gasteiger partial charge >= 0.3 is 0 Å². The van der Waals surface area contributed by atoms with Crippen molar-refractivity contribution in [3.8, 4) is 0 Å². The van der Waals surface area contributed by atoms with Crippen molar-refractivity contribution in [3.63, 3.8) is 0 Å². The van der Waals surface area contributed by atoms with Crippen LogP contribution in [-0.4, -0.2) is 25.5 Å². The number of hydrogen-bond acceptors (Lipinski definition) is 2. The van der Waals surface area contributed by atoms with Crippen molar-refractivity contribution in [2.75, 3.05) is 20.6 Å². The lowest BCUT2D eigenvalue weighted by atomic mass is 9.71. The first kappa shape index (κ1) is 14.4. The first-order valence-electron chi connectivity index (χ1n) is 8.10. The largest absolute Gasteiger partial charge is 0.309 e. The second-order valence-corrected chi connectivity index (χ2v) is 8.18. The van der Waals surface area contributed by atoms with Crippen LogP contribution in [0.15, 0.2) is 29.7 Å². The molecular weight excluding hydrogens is 293 g/mol. The summed E-state index contributed by atoms with van der Waals surface area (Å²) in [6.45, 7) is 1.12. The number of thiophene rings is 1. The summed E-state index contributed by atoms with van der Waals surface area (Å²) in [7, 11) is 4.35. The monoisotopic (exact) mass is 315 g/mol. The molecule has 1 nitrogen and oxygen atoms in total. The fourth-order valence-corrected chi connectivity index (χ4v) is 5.61. The predicted octanol–water partition coefficient (Wildman–Crippen LogP) is 5.18. The Kier molecular flexibility index (Phi) is 3.39. The molecular formula is C19H22FNS. The Balaban J connectivity index is 1.83. The summed E-state index contributed by atoms with van der Waals surface area (Å²) >= 11 is 1.67. The number of halogens is 1. The molecule has 1 heterocycles. The highest BCUT2D eigenvalue weighted by atomic mass is 32.1. The van der Waals surface area contributed by atoms with Crippen molar-refractivity contribution in [1.29, 1.82) is 0 Å². The van der Waals surface area contributed by atoms with Crippen molar-refractivity contribution in [2.24, 2.45) is 11.3 Å². The quantitative estimate of drug-likeness (QED) is 0.755. The molecule has 22 heavy (non-hydrogen) atoms. The highest BCUT2D eigenvalue weighted by molar-refractivity contribution is 7.17. The number of rotatable bonds is 3. The molecule has 2 aliphatic rings. The molecule has 1 saturated carbocycles. The number of allylic oxidation sites excluding steroid dienone is 1. The Labute approximate surface area is 135 Å². The molecule has 2 atom stereocenters. The molecule has 0 aliphatic heterocycles. The highest BCUT2D eigenvalue weighted by Crippen LogP contribution is 2.56. The summed E-state index contributed by atoms with van der Waals surface area (Å²) in [5.41, 5.74) is 3.17. The zero-order valence-corrected chi connectivity index (χ0v) is 14.0. The van der Waals surface area contributed by atoms with E-state index in [1.54, 1.807) is 23.5 Å². The lowest BCUT2D eigenvalue weighted by molar-refractivity contribution is 0.255. The van der Waals surface area contributed by atoms with Crippen LogP contribution < -0.4 is 0 Å². The topological polar surface area (TPSA) is 3.24 Å². The van der Waals surface area contributed by atoms with E-state index in [4.69, 9.17) is 0 Å². The van der Waals surface area contributed by atoms with Gasteiger partial charge in [-0.25, -0.2) is 4.39 Å². The van der Waals surface area contributed by atoms with E-state index in [-0.39, 0.29) is 5.82 Å². The lowest BCUT2D eigenvalue weighted by Gasteiger charge is -2.37. The van der Waals surface area contributed by atoms with Crippen LogP contribution in [0.2, 0.25) is 0 Å². The first-order chi connectivity index (χ1) is 10.6. The van der Waals surface area contributed by atoms with Gasteiger partial charge in [0.25, 0.3) is 0 Å². The van der Waals surface area contributed by atoms with Gasteiger partial charge in [-0.3, -0.25) is 0 Å². The Morgan fingerprint density at radius 3 is 3.05 bits per heavy atom. The smallest absolute Gasteiger partial charge is 0.124 e. The molecule has 116 valence electrons. The Hall–Kier alpha value is -1.19. The van der Waals surface area contributed by atoms with E-state index in [2.05, 4.69) is 30.5 Å². The molecule has 1 aromatic heterocycles. The van der Waals surface area contributed by atoms with E-state index in [0.29, 0.717) is 5.41 Å². The van der Waals surface area contributed by atoms with Crippen LogP contribution in [-0.2, 0) is 0 Å². The SMILES string of the molecule is CN(C)CC12CCC(CC=C1c1csc3cc(F)ccc13)C2. The van der Waals surface area contributed by atoms with E-state index < -0.39 is 0 Å². The minimum absolute atomic E-state index is 0.137. The van der Waals surface area contributed by atoms with Gasteiger partial charge in [-0.1, -0.05) is 12.1 Å². The van der Waals surface area contributed by atoms with E-state index in [9.17, 15) is 4.39 Å². The van der Waals surface area contributed by atoms with Crippen LogP contribution in [0.5, 0.6) is 0 Å². The van der Waals surface area contributed by atoms with Crippen LogP contribution in [0.3, 0.4) is 0 Å². The van der Waals surface area contributed by atoms with Crippen molar-refractivity contribution in [2.45, 2.75) is 25.7 Å². The van der Waals surface area contributed by atoms with Crippen LogP contribution in [0, 0.1) is 17.2 Å². The fourth-order valence-electron chi connectivity index (χ4n) is 4.62. The average Bonchev–Trinajstić information content (AvgIpc) is 3.01. The van der Waals surface area contributed by atoms with Crippen LogP contribution in [0.4, 0.5) is 4.39 Å². The van der Waals surface area contributed by atoms with Crippen LogP contribution in [0.1, 0.15) is 31.2 Å². The zero-order valence-electron chi connectivity index (χ0n) is 13.2. The lowest BCUT2D eigenvalue weighted by Crippen LogP contribution is -2.34. The van der Waals surface area contributed by atoms with Crippen molar-refractivity contribution >= 4 is 27.0 Å². The molecule has 1 aromatic carbocycles. The van der Waals surface area contributed by atoms with Crippen LogP contribution in [0.25, 0.3) is 15.7 Å². The summed E-state index contributed by atoms with van der Waals surface area (Å²) in [6, 6.07) is 5.22. The van der Waals surface area contributed by atoms with Crippen molar-refractivity contribution in [1.82, 2.24) is 4.90 Å². The summed E-state index contributed by atoms with van der Waals surface area (Å²) in [6.07, 6.45) is 7.65. The maximum absolute atomic E-state index is 13.5. The van der Waals surface area contributed by atoms with Gasteiger partial charge in [0.2, 0.25) is 0 Å². The van der Waals surface area contributed by atoms with Gasteiger partial charge in [0.15, 0.2) is 0 Å². The minimum Gasteiger partial charge on any atom is -0.309 e. The molecule has 2 bridgehead atoms. The predicted molar refractivity (Wildman–Crippen MR) is 92.7 cm³/mol. The normalized spacial score (nSPS) is 27.6. The first-order valence-corrected chi connectivity index (χ1v) is 8.98. The standard InChI is InChI=1S/C19H22FNS/c1-21(2)12-19-8-7-13(10-19)3-6-17(19)16-11-22-18-9-14(20)4-5-15(16)18/h4-6,9,11,13H,3,7-8,10,12H2,1-2H3. The number of nitrogens with zero attached hydrogens (tertiary/aromatic N) is 1. The maximum atomic E-state index is 13.5. The van der Waals surface area contributed by atoms with Crippen molar-refractivity contribution in [3.05, 3.63) is 41.0 Å². The molecule has 0 saturated heterocycles. The average molecular weight is 315 g/mol. The summed E-state index contributed by atoms with van der Waals surface area (Å²) in [5, 5.41) is 3.47. The third-order valence-electron chi connectivity index (χ3n) is 5.38. The Morgan fingerprint density at radius 2 is 2.23 bits per heavy atom. The molecule has 2 aliphatic carbocycles. The third kappa shape index (κ3) is 2.22. The maximum Gasteiger partial charge on any atom is 0.124 e. The zero-order chi connectivity index (χ0) is 15.3. The number of fused-ring (bicyclic) bond motifs is 3. The molecule has 2 aromatic rings. The molecule has 0 radical (unpaired) electrons. The Morgan fingerprint density at radius 1 is 1.36 bits per heavy atom. The third-order valence-corrected chi connectivity index (χ3v) is 6.33. The minimum atomic E-state index is -0.137. The van der Waals surface area contributed by atoms with Gasteiger partial charge in [-0.05, 0) is 74.3 Å². The molecule has 0 spiro atoms. The molecule has 2 unspecified atom stereocenters. The fraction of sp³-hybridized carbons (Fsp3) is 0.474. The van der Waals surface area contributed by atoms with E-state index >= 15 is 0 Å².